The molecule has 0 aliphatic heterocycles. The summed E-state index contributed by atoms with van der Waals surface area (Å²) in [6.45, 7) is 0.0261. The van der Waals surface area contributed by atoms with Crippen molar-refractivity contribution in [3.63, 3.8) is 0 Å². The van der Waals surface area contributed by atoms with Crippen LogP contribution < -0.4 is 0 Å². The lowest BCUT2D eigenvalue weighted by Gasteiger charge is -2.06. The lowest BCUT2D eigenvalue weighted by molar-refractivity contribution is -0.137. The number of hydrogen-bond donors (Lipinski definition) is 0. The zero-order chi connectivity index (χ0) is 13.2. The Morgan fingerprint density at radius 3 is 2.44 bits per heavy atom. The molecule has 1 heterocycles. The summed E-state index contributed by atoms with van der Waals surface area (Å²) in [6.07, 6.45) is -2.84. The van der Waals surface area contributed by atoms with Crippen LogP contribution in [0.2, 0.25) is 0 Å². The molecule has 2 rings (SSSR count). The van der Waals surface area contributed by atoms with Gasteiger partial charge in [-0.25, -0.2) is 4.98 Å². The average Bonchev–Trinajstić information content (AvgIpc) is 2.77. The molecular formula is C11H7F3N2OS. The molecule has 0 bridgehead atoms. The van der Waals surface area contributed by atoms with E-state index in [2.05, 4.69) is 10.2 Å². The van der Waals surface area contributed by atoms with Crippen LogP contribution in [0.4, 0.5) is 13.2 Å². The van der Waals surface area contributed by atoms with Crippen LogP contribution in [0.1, 0.15) is 10.4 Å². The number of aromatic nitrogens is 1. The number of halogens is 3. The molecule has 1 aromatic heterocycles. The molecular weight excluding hydrogens is 265 g/mol. The third-order valence-corrected chi connectivity index (χ3v) is 3.26. The Bertz CT molecular complexity index is 548. The van der Waals surface area contributed by atoms with Gasteiger partial charge in [-0.05, 0) is 12.1 Å². The Hall–Kier alpha value is -1.76. The highest BCUT2D eigenvalue weighted by atomic mass is 32.1. The molecule has 94 valence electrons. The summed E-state index contributed by atoms with van der Waals surface area (Å²) in [5, 5.41) is 3.30. The van der Waals surface area contributed by atoms with Crippen LogP contribution in [0.5, 0.6) is 0 Å². The summed E-state index contributed by atoms with van der Waals surface area (Å²) >= 11 is 1.24. The lowest BCUT2D eigenvalue weighted by atomic mass is 10.1. The summed E-state index contributed by atoms with van der Waals surface area (Å²) in [6, 6.07) is 4.74. The average molecular weight is 272 g/mol. The second kappa shape index (κ2) is 4.85. The Balaban J connectivity index is 2.25. The lowest BCUT2D eigenvalue weighted by Crippen LogP contribution is -2.03. The first kappa shape index (κ1) is 12.7. The molecule has 0 saturated carbocycles. The molecule has 0 amide bonds. The van der Waals surface area contributed by atoms with Gasteiger partial charge in [0.25, 0.3) is 0 Å². The van der Waals surface area contributed by atoms with Crippen LogP contribution in [-0.2, 0) is 12.7 Å². The van der Waals surface area contributed by atoms with Gasteiger partial charge in [-0.1, -0.05) is 17.3 Å². The number of hydrogen-bond acceptors (Lipinski definition) is 4. The number of alkyl halides is 3. The summed E-state index contributed by atoms with van der Waals surface area (Å²) < 4.78 is 37.1. The summed E-state index contributed by atoms with van der Waals surface area (Å²) in [4.78, 5) is 14.8. The highest BCUT2D eigenvalue weighted by Gasteiger charge is 2.30. The van der Waals surface area contributed by atoms with Gasteiger partial charge in [-0.15, -0.1) is 11.3 Å². The third-order valence-electron chi connectivity index (χ3n) is 2.23. The van der Waals surface area contributed by atoms with E-state index in [1.54, 1.807) is 0 Å². The van der Waals surface area contributed by atoms with E-state index in [1.165, 1.54) is 29.7 Å². The molecule has 0 radical (unpaired) electrons. The van der Waals surface area contributed by atoms with Gasteiger partial charge in [-0.2, -0.15) is 18.1 Å². The van der Waals surface area contributed by atoms with Crippen LogP contribution in [0, 0.1) is 4.91 Å². The minimum Gasteiger partial charge on any atom is -0.244 e. The molecule has 18 heavy (non-hydrogen) atoms. The predicted octanol–water partition coefficient (Wildman–Crippen LogP) is 4.10. The van der Waals surface area contributed by atoms with Crippen molar-refractivity contribution in [2.75, 3.05) is 0 Å². The first-order valence-corrected chi connectivity index (χ1v) is 5.74. The highest BCUT2D eigenvalue weighted by molar-refractivity contribution is 7.15. The Labute approximate surface area is 104 Å². The first-order chi connectivity index (χ1) is 8.50. The van der Waals surface area contributed by atoms with Gasteiger partial charge in [-0.3, -0.25) is 0 Å². The van der Waals surface area contributed by atoms with E-state index in [9.17, 15) is 18.1 Å². The van der Waals surface area contributed by atoms with Crippen molar-refractivity contribution in [1.29, 1.82) is 0 Å². The van der Waals surface area contributed by atoms with Crippen LogP contribution in [0.3, 0.4) is 0 Å². The van der Waals surface area contributed by atoms with Crippen LogP contribution in [0.25, 0.3) is 10.6 Å². The van der Waals surface area contributed by atoms with E-state index in [1.807, 2.05) is 0 Å². The number of benzene rings is 1. The molecule has 0 aliphatic carbocycles. The molecule has 2 aromatic rings. The van der Waals surface area contributed by atoms with Gasteiger partial charge < -0.3 is 0 Å². The molecule has 0 saturated heterocycles. The standard InChI is InChI=1S/C11H7F3N2OS/c12-11(13,14)8-3-1-7(2-4-8)10-15-5-9(18-10)6-16-17/h1-5H,6H2. The molecule has 0 N–H and O–H groups in total. The normalized spacial score (nSPS) is 11.5. The van der Waals surface area contributed by atoms with Gasteiger partial charge in [0, 0.05) is 11.8 Å². The topological polar surface area (TPSA) is 42.3 Å². The van der Waals surface area contributed by atoms with Crippen molar-refractivity contribution >= 4 is 11.3 Å². The van der Waals surface area contributed by atoms with Crippen LogP contribution >= 0.6 is 11.3 Å². The zero-order valence-corrected chi connectivity index (χ0v) is 9.76. The fraction of sp³-hybridized carbons (Fsp3) is 0.182. The smallest absolute Gasteiger partial charge is 0.244 e. The molecule has 3 nitrogen and oxygen atoms in total. The third kappa shape index (κ3) is 2.73. The van der Waals surface area contributed by atoms with E-state index in [0.29, 0.717) is 15.4 Å². The highest BCUT2D eigenvalue weighted by Crippen LogP contribution is 2.32. The minimum atomic E-state index is -4.34. The van der Waals surface area contributed by atoms with E-state index in [-0.39, 0.29) is 6.54 Å². The monoisotopic (exact) mass is 272 g/mol. The van der Waals surface area contributed by atoms with Crippen LogP contribution in [-0.4, -0.2) is 4.98 Å². The van der Waals surface area contributed by atoms with Gasteiger partial charge in [0.15, 0.2) is 0 Å². The second-order valence-corrected chi connectivity index (χ2v) is 4.61. The predicted molar refractivity (Wildman–Crippen MR) is 62.1 cm³/mol. The molecule has 7 heteroatoms. The molecule has 0 unspecified atom stereocenters. The van der Waals surface area contributed by atoms with Gasteiger partial charge in [0.1, 0.15) is 11.6 Å². The molecule has 0 atom stereocenters. The van der Waals surface area contributed by atoms with Crippen molar-refractivity contribution in [3.05, 3.63) is 45.8 Å². The Morgan fingerprint density at radius 1 is 1.22 bits per heavy atom. The second-order valence-electron chi connectivity index (χ2n) is 3.49. The fourth-order valence-electron chi connectivity index (χ4n) is 1.38. The van der Waals surface area contributed by atoms with E-state index in [0.717, 1.165) is 12.1 Å². The molecule has 0 fully saturated rings. The number of thiazole rings is 1. The maximum Gasteiger partial charge on any atom is 0.416 e. The molecule has 1 aromatic carbocycles. The number of nitroso groups, excluding NO2 is 1. The van der Waals surface area contributed by atoms with E-state index < -0.39 is 11.7 Å². The zero-order valence-electron chi connectivity index (χ0n) is 8.94. The van der Waals surface area contributed by atoms with E-state index in [4.69, 9.17) is 0 Å². The van der Waals surface area contributed by atoms with E-state index >= 15 is 0 Å². The van der Waals surface area contributed by atoms with Crippen molar-refractivity contribution in [3.8, 4) is 10.6 Å². The Morgan fingerprint density at radius 2 is 1.89 bits per heavy atom. The van der Waals surface area contributed by atoms with Gasteiger partial charge in [0.2, 0.25) is 0 Å². The summed E-state index contributed by atoms with van der Waals surface area (Å²) in [7, 11) is 0. The quantitative estimate of drug-likeness (QED) is 0.789. The maximum atomic E-state index is 12.4. The molecule has 0 aliphatic rings. The summed E-state index contributed by atoms with van der Waals surface area (Å²) in [5.74, 6) is 0. The van der Waals surface area contributed by atoms with Crippen molar-refractivity contribution in [2.24, 2.45) is 5.18 Å². The maximum absolute atomic E-state index is 12.4. The first-order valence-electron chi connectivity index (χ1n) is 4.92. The van der Waals surface area contributed by atoms with Gasteiger partial charge in [0.05, 0.1) is 10.4 Å². The van der Waals surface area contributed by atoms with Crippen molar-refractivity contribution in [2.45, 2.75) is 12.7 Å². The molecule has 0 spiro atoms. The Kier molecular flexibility index (Phi) is 3.42. The van der Waals surface area contributed by atoms with Crippen molar-refractivity contribution in [1.82, 2.24) is 4.98 Å². The van der Waals surface area contributed by atoms with Crippen LogP contribution in [0.15, 0.2) is 35.6 Å². The number of rotatable bonds is 3. The van der Waals surface area contributed by atoms with Crippen molar-refractivity contribution < 1.29 is 13.2 Å². The summed E-state index contributed by atoms with van der Waals surface area (Å²) in [5.41, 5.74) is -0.109. The SMILES string of the molecule is O=NCc1cnc(-c2ccc(C(F)(F)F)cc2)s1. The number of nitrogens with zero attached hydrogens (tertiary/aromatic N) is 2. The fourth-order valence-corrected chi connectivity index (χ4v) is 2.21. The van der Waals surface area contributed by atoms with Gasteiger partial charge >= 0.3 is 6.18 Å². The largest absolute Gasteiger partial charge is 0.416 e. The minimum absolute atomic E-state index is 0.0261.